The fourth-order valence-corrected chi connectivity index (χ4v) is 4.39. The molecule has 0 aromatic heterocycles. The highest BCUT2D eigenvalue weighted by Gasteiger charge is 2.18. The van der Waals surface area contributed by atoms with E-state index in [1.54, 1.807) is 43.3 Å². The number of hydrogen-bond acceptors (Lipinski definition) is 7. The molecule has 1 amide bonds. The first-order valence-electron chi connectivity index (χ1n) is 10.4. The van der Waals surface area contributed by atoms with Gasteiger partial charge in [-0.05, 0) is 55.5 Å². The van der Waals surface area contributed by atoms with E-state index in [4.69, 9.17) is 14.2 Å². The van der Waals surface area contributed by atoms with Crippen molar-refractivity contribution in [1.29, 1.82) is 0 Å². The zero-order chi connectivity index (χ0) is 24.1. The molecular weight excluding hydrogens is 458 g/mol. The molecule has 1 heterocycles. The molecule has 3 aromatic carbocycles. The van der Waals surface area contributed by atoms with E-state index in [1.165, 1.54) is 31.4 Å². The van der Waals surface area contributed by atoms with Crippen LogP contribution in [0.15, 0.2) is 76.7 Å². The van der Waals surface area contributed by atoms with Gasteiger partial charge in [0.2, 0.25) is 0 Å². The predicted octanol–water partition coefficient (Wildman–Crippen LogP) is 3.42. The maximum absolute atomic E-state index is 12.9. The van der Waals surface area contributed by atoms with Crippen LogP contribution in [-0.2, 0) is 10.0 Å². The first-order chi connectivity index (χ1) is 16.4. The Labute approximate surface area is 197 Å². The highest BCUT2D eigenvalue weighted by molar-refractivity contribution is 7.92. The van der Waals surface area contributed by atoms with Gasteiger partial charge in [0.05, 0.1) is 23.4 Å². The summed E-state index contributed by atoms with van der Waals surface area (Å²) in [5, 5.41) is 4.14. The van der Waals surface area contributed by atoms with E-state index in [-0.39, 0.29) is 10.5 Å². The van der Waals surface area contributed by atoms with E-state index in [1.807, 2.05) is 6.07 Å². The van der Waals surface area contributed by atoms with Gasteiger partial charge in [0.1, 0.15) is 19.0 Å². The topological polar surface area (TPSA) is 115 Å². The molecular formula is C24H23N3O6S. The van der Waals surface area contributed by atoms with Crippen molar-refractivity contribution >= 4 is 27.3 Å². The third-order valence-electron chi connectivity index (χ3n) is 5.04. The number of ether oxygens (including phenoxy) is 3. The zero-order valence-corrected chi connectivity index (χ0v) is 19.4. The number of benzene rings is 3. The summed E-state index contributed by atoms with van der Waals surface area (Å²) < 4.78 is 44.5. The summed E-state index contributed by atoms with van der Waals surface area (Å²) in [5.41, 5.74) is 4.20. The molecule has 0 fully saturated rings. The van der Waals surface area contributed by atoms with Crippen molar-refractivity contribution < 1.29 is 27.4 Å². The van der Waals surface area contributed by atoms with Crippen molar-refractivity contribution in [3.8, 4) is 17.2 Å². The molecule has 176 valence electrons. The van der Waals surface area contributed by atoms with E-state index in [2.05, 4.69) is 15.2 Å². The minimum Gasteiger partial charge on any atom is -0.495 e. The second kappa shape index (κ2) is 9.84. The molecule has 0 aliphatic carbocycles. The Morgan fingerprint density at radius 2 is 1.71 bits per heavy atom. The van der Waals surface area contributed by atoms with Gasteiger partial charge in [-0.15, -0.1) is 0 Å². The summed E-state index contributed by atoms with van der Waals surface area (Å²) in [5.74, 6) is 1.10. The normalized spacial score (nSPS) is 13.2. The smallest absolute Gasteiger partial charge is 0.271 e. The van der Waals surface area contributed by atoms with Gasteiger partial charge in [-0.3, -0.25) is 9.52 Å². The molecule has 0 atom stereocenters. The molecule has 10 heteroatoms. The molecule has 0 saturated carbocycles. The molecule has 0 saturated heterocycles. The number of carbonyl (C=O) groups excluding carboxylic acids is 1. The van der Waals surface area contributed by atoms with Gasteiger partial charge in [-0.2, -0.15) is 5.10 Å². The quantitative estimate of drug-likeness (QED) is 0.395. The number of fused-ring (bicyclic) bond motifs is 1. The van der Waals surface area contributed by atoms with Crippen LogP contribution < -0.4 is 24.4 Å². The van der Waals surface area contributed by atoms with Gasteiger partial charge in [0.15, 0.2) is 11.5 Å². The molecule has 3 aromatic rings. The lowest BCUT2D eigenvalue weighted by molar-refractivity contribution is 0.0954. The summed E-state index contributed by atoms with van der Waals surface area (Å²) in [7, 11) is -2.51. The lowest BCUT2D eigenvalue weighted by atomic mass is 10.1. The fourth-order valence-electron chi connectivity index (χ4n) is 3.27. The number of sulfonamides is 1. The van der Waals surface area contributed by atoms with Crippen molar-refractivity contribution in [2.45, 2.75) is 11.8 Å². The van der Waals surface area contributed by atoms with Crippen LogP contribution >= 0.6 is 0 Å². The van der Waals surface area contributed by atoms with Crippen LogP contribution in [0.3, 0.4) is 0 Å². The fraction of sp³-hybridized carbons (Fsp3) is 0.167. The molecule has 4 rings (SSSR count). The summed E-state index contributed by atoms with van der Waals surface area (Å²) in [6.07, 6.45) is 0. The highest BCUT2D eigenvalue weighted by Crippen LogP contribution is 2.31. The largest absolute Gasteiger partial charge is 0.495 e. The van der Waals surface area contributed by atoms with Gasteiger partial charge in [-0.25, -0.2) is 13.8 Å². The number of carbonyl (C=O) groups is 1. The van der Waals surface area contributed by atoms with Gasteiger partial charge >= 0.3 is 0 Å². The Morgan fingerprint density at radius 3 is 2.50 bits per heavy atom. The molecule has 34 heavy (non-hydrogen) atoms. The monoisotopic (exact) mass is 481 g/mol. The van der Waals surface area contributed by atoms with Gasteiger partial charge in [0, 0.05) is 11.1 Å². The lowest BCUT2D eigenvalue weighted by Gasteiger charge is -2.18. The number of methoxy groups -OCH3 is 1. The minimum atomic E-state index is -3.96. The van der Waals surface area contributed by atoms with E-state index in [9.17, 15) is 13.2 Å². The van der Waals surface area contributed by atoms with Gasteiger partial charge in [0.25, 0.3) is 15.9 Å². The average molecular weight is 482 g/mol. The third kappa shape index (κ3) is 5.12. The van der Waals surface area contributed by atoms with E-state index >= 15 is 0 Å². The number of amides is 1. The number of hydrazone groups is 1. The van der Waals surface area contributed by atoms with Crippen LogP contribution in [0, 0.1) is 0 Å². The molecule has 0 bridgehead atoms. The molecule has 0 spiro atoms. The zero-order valence-electron chi connectivity index (χ0n) is 18.6. The van der Waals surface area contributed by atoms with Crippen molar-refractivity contribution in [2.24, 2.45) is 5.10 Å². The molecule has 0 radical (unpaired) electrons. The van der Waals surface area contributed by atoms with Crippen molar-refractivity contribution in [1.82, 2.24) is 5.43 Å². The Kier molecular flexibility index (Phi) is 6.69. The number of nitrogens with one attached hydrogen (secondary N) is 2. The lowest BCUT2D eigenvalue weighted by Crippen LogP contribution is -2.20. The van der Waals surface area contributed by atoms with E-state index in [0.29, 0.717) is 41.9 Å². The van der Waals surface area contributed by atoms with Crippen LogP contribution in [0.5, 0.6) is 17.2 Å². The average Bonchev–Trinajstić information content (AvgIpc) is 2.87. The molecule has 9 nitrogen and oxygen atoms in total. The second-order valence-electron chi connectivity index (χ2n) is 7.33. The predicted molar refractivity (Wildman–Crippen MR) is 127 cm³/mol. The summed E-state index contributed by atoms with van der Waals surface area (Å²) in [6, 6.07) is 17.7. The summed E-state index contributed by atoms with van der Waals surface area (Å²) >= 11 is 0. The number of hydrogen-bond donors (Lipinski definition) is 2. The molecule has 1 aliphatic heterocycles. The van der Waals surface area contributed by atoms with Crippen LogP contribution in [-0.4, -0.2) is 40.4 Å². The third-order valence-corrected chi connectivity index (χ3v) is 6.41. The van der Waals surface area contributed by atoms with Crippen molar-refractivity contribution in [3.63, 3.8) is 0 Å². The number of nitrogens with zero attached hydrogens (tertiary/aromatic N) is 1. The maximum atomic E-state index is 12.9. The Bertz CT molecular complexity index is 1350. The van der Waals surface area contributed by atoms with Crippen molar-refractivity contribution in [3.05, 3.63) is 77.9 Å². The Hall–Kier alpha value is -4.05. The first kappa shape index (κ1) is 23.1. The van der Waals surface area contributed by atoms with Gasteiger partial charge < -0.3 is 14.2 Å². The Balaban J connectivity index is 1.49. The molecule has 2 N–H and O–H groups in total. The summed E-state index contributed by atoms with van der Waals surface area (Å²) in [6.45, 7) is 2.71. The Morgan fingerprint density at radius 1 is 0.941 bits per heavy atom. The number of rotatable bonds is 7. The molecule has 0 unspecified atom stereocenters. The minimum absolute atomic E-state index is 0.0707. The van der Waals surface area contributed by atoms with Crippen LogP contribution in [0.1, 0.15) is 22.8 Å². The van der Waals surface area contributed by atoms with Crippen molar-refractivity contribution in [2.75, 3.05) is 25.0 Å². The second-order valence-corrected chi connectivity index (χ2v) is 9.01. The van der Waals surface area contributed by atoms with Crippen LogP contribution in [0.25, 0.3) is 0 Å². The highest BCUT2D eigenvalue weighted by atomic mass is 32.2. The molecule has 1 aliphatic rings. The number of para-hydroxylation sites is 2. The first-order valence-corrected chi connectivity index (χ1v) is 11.9. The maximum Gasteiger partial charge on any atom is 0.271 e. The number of anilines is 1. The standard InChI is InChI=1S/C24H23N3O6S/c1-16(17-10-11-22-23(15-17)33-13-12-32-22)25-26-24(28)18-6-5-7-19(14-18)34(29,30)27-20-8-3-4-9-21(20)31-2/h3-11,14-15,27H,12-13H2,1-2H3,(H,26,28)/b25-16-. The SMILES string of the molecule is COc1ccccc1NS(=O)(=O)c1cccc(C(=O)N/N=C(/C)c2ccc3c(c2)OCCO3)c1. The van der Waals surface area contributed by atoms with Crippen LogP contribution in [0.2, 0.25) is 0 Å². The van der Waals surface area contributed by atoms with Gasteiger partial charge in [-0.1, -0.05) is 18.2 Å². The summed E-state index contributed by atoms with van der Waals surface area (Å²) in [4.78, 5) is 12.6. The van der Waals surface area contributed by atoms with E-state index in [0.717, 1.165) is 5.56 Å². The van der Waals surface area contributed by atoms with Crippen LogP contribution in [0.4, 0.5) is 5.69 Å². The van der Waals surface area contributed by atoms with E-state index < -0.39 is 15.9 Å².